The molecule has 1 saturated carbocycles. The quantitative estimate of drug-likeness (QED) is 0.801. The SMILES string of the molecule is CC(C)(Nc1cc(Cl)nc(C2CC2)n1)C(N)=O. The molecule has 5 nitrogen and oxygen atoms in total. The fourth-order valence-electron chi connectivity index (χ4n) is 1.41. The van der Waals surface area contributed by atoms with Gasteiger partial charge in [0.15, 0.2) is 0 Å². The Morgan fingerprint density at radius 2 is 2.18 bits per heavy atom. The number of nitrogens with one attached hydrogen (secondary N) is 1. The lowest BCUT2D eigenvalue weighted by molar-refractivity contribution is -0.121. The molecule has 0 atom stereocenters. The molecule has 1 aromatic rings. The van der Waals surface area contributed by atoms with Crippen LogP contribution in [0.5, 0.6) is 0 Å². The molecule has 1 amide bonds. The van der Waals surface area contributed by atoms with E-state index in [0.717, 1.165) is 18.7 Å². The summed E-state index contributed by atoms with van der Waals surface area (Å²) in [6.07, 6.45) is 2.19. The zero-order valence-corrected chi connectivity index (χ0v) is 10.6. The van der Waals surface area contributed by atoms with Gasteiger partial charge in [-0.05, 0) is 26.7 Å². The molecule has 0 aromatic carbocycles. The normalized spacial score (nSPS) is 15.7. The smallest absolute Gasteiger partial charge is 0.242 e. The molecule has 92 valence electrons. The van der Waals surface area contributed by atoms with Crippen LogP contribution in [0.3, 0.4) is 0 Å². The summed E-state index contributed by atoms with van der Waals surface area (Å²) in [6, 6.07) is 1.60. The van der Waals surface area contributed by atoms with Crippen LogP contribution in [0.15, 0.2) is 6.07 Å². The number of hydrogen-bond donors (Lipinski definition) is 2. The Kier molecular flexibility index (Phi) is 2.95. The van der Waals surface area contributed by atoms with Gasteiger partial charge in [-0.3, -0.25) is 4.79 Å². The minimum Gasteiger partial charge on any atom is -0.368 e. The molecule has 1 aliphatic rings. The van der Waals surface area contributed by atoms with Crippen molar-refractivity contribution in [2.75, 3.05) is 5.32 Å². The van der Waals surface area contributed by atoms with Gasteiger partial charge in [-0.15, -0.1) is 0 Å². The van der Waals surface area contributed by atoms with Crippen molar-refractivity contribution in [3.63, 3.8) is 0 Å². The monoisotopic (exact) mass is 254 g/mol. The molecule has 1 aliphatic carbocycles. The van der Waals surface area contributed by atoms with Gasteiger partial charge in [0.05, 0.1) is 0 Å². The number of primary amides is 1. The Balaban J connectivity index is 2.23. The lowest BCUT2D eigenvalue weighted by Crippen LogP contribution is -2.45. The first-order valence-electron chi connectivity index (χ1n) is 5.51. The van der Waals surface area contributed by atoms with Crippen molar-refractivity contribution >= 4 is 23.3 Å². The number of nitrogens with two attached hydrogens (primary N) is 1. The Bertz CT molecular complexity index is 457. The maximum atomic E-state index is 11.2. The first-order valence-corrected chi connectivity index (χ1v) is 5.89. The highest BCUT2D eigenvalue weighted by Crippen LogP contribution is 2.38. The van der Waals surface area contributed by atoms with Crippen LogP contribution >= 0.6 is 11.6 Å². The highest BCUT2D eigenvalue weighted by molar-refractivity contribution is 6.29. The minimum absolute atomic E-state index is 0.379. The second-order valence-corrected chi connectivity index (χ2v) is 5.21. The van der Waals surface area contributed by atoms with E-state index in [0.29, 0.717) is 16.9 Å². The van der Waals surface area contributed by atoms with Gasteiger partial charge in [0.2, 0.25) is 5.91 Å². The maximum Gasteiger partial charge on any atom is 0.242 e. The van der Waals surface area contributed by atoms with Crippen LogP contribution in [0.25, 0.3) is 0 Å². The minimum atomic E-state index is -0.863. The van der Waals surface area contributed by atoms with E-state index in [9.17, 15) is 4.79 Å². The molecule has 1 fully saturated rings. The van der Waals surface area contributed by atoms with Gasteiger partial charge in [-0.2, -0.15) is 0 Å². The molecule has 0 aliphatic heterocycles. The Morgan fingerprint density at radius 3 is 2.71 bits per heavy atom. The molecule has 0 saturated heterocycles. The van der Waals surface area contributed by atoms with E-state index in [-0.39, 0.29) is 0 Å². The number of carbonyl (C=O) groups excluding carboxylic acids is 1. The number of carbonyl (C=O) groups is 1. The molecular formula is C11H15ClN4O. The zero-order chi connectivity index (χ0) is 12.6. The lowest BCUT2D eigenvalue weighted by atomic mass is 10.1. The topological polar surface area (TPSA) is 80.9 Å². The molecule has 2 rings (SSSR count). The highest BCUT2D eigenvalue weighted by Gasteiger charge is 2.29. The van der Waals surface area contributed by atoms with E-state index in [4.69, 9.17) is 17.3 Å². The zero-order valence-electron chi connectivity index (χ0n) is 9.83. The third-order valence-electron chi connectivity index (χ3n) is 2.71. The fourth-order valence-corrected chi connectivity index (χ4v) is 1.60. The number of nitrogens with zero attached hydrogens (tertiary/aromatic N) is 2. The lowest BCUT2D eigenvalue weighted by Gasteiger charge is -2.23. The van der Waals surface area contributed by atoms with Gasteiger partial charge in [0.1, 0.15) is 22.3 Å². The molecule has 6 heteroatoms. The van der Waals surface area contributed by atoms with Gasteiger partial charge in [-0.1, -0.05) is 11.6 Å². The average molecular weight is 255 g/mol. The summed E-state index contributed by atoms with van der Waals surface area (Å²) in [5, 5.41) is 3.35. The largest absolute Gasteiger partial charge is 0.368 e. The van der Waals surface area contributed by atoms with Crippen molar-refractivity contribution in [1.29, 1.82) is 0 Å². The van der Waals surface area contributed by atoms with Crippen LogP contribution in [0, 0.1) is 0 Å². The van der Waals surface area contributed by atoms with Gasteiger partial charge in [0, 0.05) is 12.0 Å². The van der Waals surface area contributed by atoms with Gasteiger partial charge < -0.3 is 11.1 Å². The van der Waals surface area contributed by atoms with E-state index in [1.54, 1.807) is 19.9 Å². The van der Waals surface area contributed by atoms with Crippen molar-refractivity contribution in [2.24, 2.45) is 5.73 Å². The molecular weight excluding hydrogens is 240 g/mol. The van der Waals surface area contributed by atoms with Gasteiger partial charge >= 0.3 is 0 Å². The average Bonchev–Trinajstić information content (AvgIpc) is 2.98. The van der Waals surface area contributed by atoms with Gasteiger partial charge in [-0.25, -0.2) is 9.97 Å². The number of rotatable bonds is 4. The van der Waals surface area contributed by atoms with Crippen LogP contribution in [0.1, 0.15) is 38.4 Å². The van der Waals surface area contributed by atoms with Gasteiger partial charge in [0.25, 0.3) is 0 Å². The predicted octanol–water partition coefficient (Wildman–Crippen LogP) is 1.68. The van der Waals surface area contributed by atoms with E-state index in [1.165, 1.54) is 0 Å². The van der Waals surface area contributed by atoms with Crippen LogP contribution < -0.4 is 11.1 Å². The van der Waals surface area contributed by atoms with Crippen molar-refractivity contribution < 1.29 is 4.79 Å². The van der Waals surface area contributed by atoms with Crippen LogP contribution in [-0.4, -0.2) is 21.4 Å². The molecule has 3 N–H and O–H groups in total. The molecule has 0 spiro atoms. The fraction of sp³-hybridized carbons (Fsp3) is 0.545. The highest BCUT2D eigenvalue weighted by atomic mass is 35.5. The first kappa shape index (κ1) is 12.1. The van der Waals surface area contributed by atoms with Crippen LogP contribution in [0.2, 0.25) is 5.15 Å². The summed E-state index contributed by atoms with van der Waals surface area (Å²) in [4.78, 5) is 19.7. The third-order valence-corrected chi connectivity index (χ3v) is 2.90. The van der Waals surface area contributed by atoms with E-state index in [2.05, 4.69) is 15.3 Å². The van der Waals surface area contributed by atoms with Crippen molar-refractivity contribution in [1.82, 2.24) is 9.97 Å². The Morgan fingerprint density at radius 1 is 1.53 bits per heavy atom. The number of anilines is 1. The summed E-state index contributed by atoms with van der Waals surface area (Å²) in [5.41, 5.74) is 4.43. The standard InChI is InChI=1S/C11H15ClN4O/c1-11(2,10(13)17)16-8-5-7(12)14-9(15-8)6-3-4-6/h5-6H,3-4H2,1-2H3,(H2,13,17)(H,14,15,16). The molecule has 0 bridgehead atoms. The molecule has 17 heavy (non-hydrogen) atoms. The Labute approximate surface area is 105 Å². The van der Waals surface area contributed by atoms with E-state index in [1.807, 2.05) is 0 Å². The second kappa shape index (κ2) is 4.14. The van der Waals surface area contributed by atoms with E-state index >= 15 is 0 Å². The third kappa shape index (κ3) is 2.85. The molecule has 1 aromatic heterocycles. The van der Waals surface area contributed by atoms with Crippen molar-refractivity contribution in [3.05, 3.63) is 17.0 Å². The summed E-state index contributed by atoms with van der Waals surface area (Å²) in [7, 11) is 0. The van der Waals surface area contributed by atoms with E-state index < -0.39 is 11.4 Å². The van der Waals surface area contributed by atoms with Crippen molar-refractivity contribution in [3.8, 4) is 0 Å². The number of aromatic nitrogens is 2. The molecule has 1 heterocycles. The Hall–Kier alpha value is -1.36. The number of halogens is 1. The summed E-state index contributed by atoms with van der Waals surface area (Å²) >= 11 is 5.92. The molecule has 0 radical (unpaired) electrons. The number of hydrogen-bond acceptors (Lipinski definition) is 4. The predicted molar refractivity (Wildman–Crippen MR) is 65.9 cm³/mol. The first-order chi connectivity index (χ1) is 7.88. The van der Waals surface area contributed by atoms with Crippen LogP contribution in [-0.2, 0) is 4.79 Å². The summed E-state index contributed by atoms with van der Waals surface area (Å²) in [6.45, 7) is 3.39. The van der Waals surface area contributed by atoms with Crippen molar-refractivity contribution in [2.45, 2.75) is 38.1 Å². The second-order valence-electron chi connectivity index (χ2n) is 4.82. The van der Waals surface area contributed by atoms with Crippen LogP contribution in [0.4, 0.5) is 5.82 Å². The number of amides is 1. The molecule has 0 unspecified atom stereocenters. The maximum absolute atomic E-state index is 11.2. The summed E-state index contributed by atoms with van der Waals surface area (Å²) in [5.74, 6) is 1.24. The summed E-state index contributed by atoms with van der Waals surface area (Å²) < 4.78 is 0.